The number of pyridine rings is 1. The first-order valence-electron chi connectivity index (χ1n) is 11.4. The molecule has 4 bridgehead atoms. The SMILES string of the molecule is O=C(NCc1ccccc1)c1cnc2[nH]ccc2c1N[C@H]1[C@@H]2CC3C[C@H]1C[C@@](O)(C3)C2. The first-order chi connectivity index (χ1) is 15.1. The van der Waals surface area contributed by atoms with Gasteiger partial charge in [-0.3, -0.25) is 4.79 Å². The van der Waals surface area contributed by atoms with E-state index < -0.39 is 5.60 Å². The van der Waals surface area contributed by atoms with Gasteiger partial charge in [0.1, 0.15) is 5.65 Å². The fraction of sp³-hybridized carbons (Fsp3) is 0.440. The number of hydrogen-bond acceptors (Lipinski definition) is 4. The molecule has 1 aromatic carbocycles. The third-order valence-corrected chi connectivity index (χ3v) is 7.68. The number of aromatic amines is 1. The van der Waals surface area contributed by atoms with Crippen LogP contribution in [0.3, 0.4) is 0 Å². The van der Waals surface area contributed by atoms with E-state index in [0.717, 1.165) is 41.5 Å². The molecule has 4 saturated carbocycles. The lowest BCUT2D eigenvalue weighted by Crippen LogP contribution is -2.59. The lowest BCUT2D eigenvalue weighted by atomic mass is 9.52. The minimum Gasteiger partial charge on any atom is -0.390 e. The molecule has 2 aromatic heterocycles. The molecule has 0 radical (unpaired) electrons. The summed E-state index contributed by atoms with van der Waals surface area (Å²) >= 11 is 0. The lowest BCUT2D eigenvalue weighted by Gasteiger charge is -2.58. The number of rotatable bonds is 5. The van der Waals surface area contributed by atoms with Crippen molar-refractivity contribution in [3.05, 3.63) is 59.9 Å². The molecular formula is C25H28N4O2. The Morgan fingerprint density at radius 1 is 1.13 bits per heavy atom. The van der Waals surface area contributed by atoms with Crippen LogP contribution in [0.5, 0.6) is 0 Å². The fourth-order valence-electron chi connectivity index (χ4n) is 6.59. The molecule has 4 fully saturated rings. The lowest BCUT2D eigenvalue weighted by molar-refractivity contribution is -0.129. The zero-order valence-electron chi connectivity index (χ0n) is 17.5. The van der Waals surface area contributed by atoms with Crippen LogP contribution in [0, 0.1) is 17.8 Å². The molecule has 4 N–H and O–H groups in total. The van der Waals surface area contributed by atoms with Gasteiger partial charge in [0.15, 0.2) is 0 Å². The maximum atomic E-state index is 13.2. The van der Waals surface area contributed by atoms with Gasteiger partial charge in [-0.25, -0.2) is 4.98 Å². The van der Waals surface area contributed by atoms with E-state index in [1.807, 2.05) is 42.6 Å². The molecule has 0 aliphatic heterocycles. The van der Waals surface area contributed by atoms with Crippen LogP contribution >= 0.6 is 0 Å². The van der Waals surface area contributed by atoms with E-state index in [1.54, 1.807) is 6.20 Å². The number of H-pyrrole nitrogens is 1. The Labute approximate surface area is 181 Å². The average Bonchev–Trinajstić information content (AvgIpc) is 3.23. The molecule has 6 nitrogen and oxygen atoms in total. The molecular weight excluding hydrogens is 388 g/mol. The molecule has 5 atom stereocenters. The van der Waals surface area contributed by atoms with Crippen molar-refractivity contribution in [1.82, 2.24) is 15.3 Å². The van der Waals surface area contributed by atoms with Gasteiger partial charge in [-0.2, -0.15) is 0 Å². The highest BCUT2D eigenvalue weighted by Gasteiger charge is 2.54. The van der Waals surface area contributed by atoms with Crippen molar-refractivity contribution >= 4 is 22.6 Å². The third kappa shape index (κ3) is 3.30. The topological polar surface area (TPSA) is 90.0 Å². The Morgan fingerprint density at radius 3 is 2.65 bits per heavy atom. The Bertz CT molecular complexity index is 1110. The van der Waals surface area contributed by atoms with Crippen LogP contribution < -0.4 is 10.6 Å². The van der Waals surface area contributed by atoms with Crippen LogP contribution in [0.1, 0.15) is 48.0 Å². The molecule has 2 heterocycles. The highest BCUT2D eigenvalue weighted by molar-refractivity contribution is 6.06. The third-order valence-electron chi connectivity index (χ3n) is 7.68. The van der Waals surface area contributed by atoms with Crippen molar-refractivity contribution in [1.29, 1.82) is 0 Å². The smallest absolute Gasteiger partial charge is 0.255 e. The minimum absolute atomic E-state index is 0.121. The van der Waals surface area contributed by atoms with E-state index in [1.165, 1.54) is 12.8 Å². The number of benzene rings is 1. The second-order valence-electron chi connectivity index (χ2n) is 9.82. The van der Waals surface area contributed by atoms with E-state index in [2.05, 4.69) is 20.6 Å². The fourth-order valence-corrected chi connectivity index (χ4v) is 6.59. The van der Waals surface area contributed by atoms with Crippen molar-refractivity contribution in [2.45, 2.75) is 50.3 Å². The van der Waals surface area contributed by atoms with Crippen LogP contribution in [0.15, 0.2) is 48.8 Å². The molecule has 6 heteroatoms. The summed E-state index contributed by atoms with van der Waals surface area (Å²) in [5, 5.41) is 18.7. The van der Waals surface area contributed by atoms with Gasteiger partial charge in [0.2, 0.25) is 0 Å². The van der Waals surface area contributed by atoms with Gasteiger partial charge < -0.3 is 20.7 Å². The van der Waals surface area contributed by atoms with Gasteiger partial charge in [0, 0.05) is 30.4 Å². The summed E-state index contributed by atoms with van der Waals surface area (Å²) in [6.45, 7) is 0.480. The molecule has 4 aliphatic rings. The number of aromatic nitrogens is 2. The Balaban J connectivity index is 1.30. The van der Waals surface area contributed by atoms with Crippen molar-refractivity contribution in [2.75, 3.05) is 5.32 Å². The first-order valence-corrected chi connectivity index (χ1v) is 11.4. The maximum Gasteiger partial charge on any atom is 0.255 e. The van der Waals surface area contributed by atoms with Crippen LogP contribution in [-0.4, -0.2) is 32.6 Å². The predicted molar refractivity (Wildman–Crippen MR) is 120 cm³/mol. The predicted octanol–water partition coefficient (Wildman–Crippen LogP) is 3.84. The Hall–Kier alpha value is -2.86. The number of aliphatic hydroxyl groups is 1. The highest BCUT2D eigenvalue weighted by Crippen LogP contribution is 2.56. The van der Waals surface area contributed by atoms with Crippen molar-refractivity contribution in [3.63, 3.8) is 0 Å². The number of hydrogen-bond donors (Lipinski definition) is 4. The second-order valence-corrected chi connectivity index (χ2v) is 9.82. The number of carbonyl (C=O) groups is 1. The second kappa shape index (κ2) is 7.09. The van der Waals surface area contributed by atoms with Gasteiger partial charge in [-0.05, 0) is 61.5 Å². The number of carbonyl (C=O) groups excluding carboxylic acids is 1. The summed E-state index contributed by atoms with van der Waals surface area (Å²) in [6.07, 6.45) is 8.60. The zero-order valence-corrected chi connectivity index (χ0v) is 17.5. The molecule has 1 unspecified atom stereocenters. The largest absolute Gasteiger partial charge is 0.390 e. The first kappa shape index (κ1) is 18.9. The van der Waals surface area contributed by atoms with E-state index in [4.69, 9.17) is 0 Å². The molecule has 0 saturated heterocycles. The molecule has 0 spiro atoms. The van der Waals surface area contributed by atoms with Gasteiger partial charge >= 0.3 is 0 Å². The molecule has 4 aliphatic carbocycles. The van der Waals surface area contributed by atoms with Crippen molar-refractivity contribution < 1.29 is 9.90 Å². The monoisotopic (exact) mass is 416 g/mol. The number of amides is 1. The van der Waals surface area contributed by atoms with Gasteiger partial charge in [-0.15, -0.1) is 0 Å². The molecule has 1 amide bonds. The summed E-state index contributed by atoms with van der Waals surface area (Å²) in [4.78, 5) is 20.8. The average molecular weight is 417 g/mol. The Morgan fingerprint density at radius 2 is 1.90 bits per heavy atom. The van der Waals surface area contributed by atoms with E-state index >= 15 is 0 Å². The van der Waals surface area contributed by atoms with Gasteiger partial charge in [0.25, 0.3) is 5.91 Å². The van der Waals surface area contributed by atoms with Crippen molar-refractivity contribution in [2.24, 2.45) is 17.8 Å². The van der Waals surface area contributed by atoms with Crippen LogP contribution in [0.2, 0.25) is 0 Å². The number of anilines is 1. The number of nitrogens with one attached hydrogen (secondary N) is 3. The van der Waals surface area contributed by atoms with Gasteiger partial charge in [-0.1, -0.05) is 30.3 Å². The quantitative estimate of drug-likeness (QED) is 0.509. The maximum absolute atomic E-state index is 13.2. The van der Waals surface area contributed by atoms with Crippen LogP contribution in [-0.2, 0) is 6.54 Å². The number of fused-ring (bicyclic) bond motifs is 1. The van der Waals surface area contributed by atoms with E-state index in [9.17, 15) is 9.90 Å². The minimum atomic E-state index is -0.466. The molecule has 7 rings (SSSR count). The summed E-state index contributed by atoms with van der Waals surface area (Å²) in [5.74, 6) is 1.44. The molecule has 3 aromatic rings. The summed E-state index contributed by atoms with van der Waals surface area (Å²) in [7, 11) is 0. The molecule has 31 heavy (non-hydrogen) atoms. The summed E-state index contributed by atoms with van der Waals surface area (Å²) in [5.41, 5.74) is 2.82. The number of nitrogens with zero attached hydrogens (tertiary/aromatic N) is 1. The van der Waals surface area contributed by atoms with Gasteiger partial charge in [0.05, 0.1) is 16.9 Å². The van der Waals surface area contributed by atoms with Crippen molar-refractivity contribution in [3.8, 4) is 0 Å². The van der Waals surface area contributed by atoms with E-state index in [0.29, 0.717) is 29.9 Å². The molecule has 160 valence electrons. The van der Waals surface area contributed by atoms with E-state index in [-0.39, 0.29) is 11.9 Å². The zero-order chi connectivity index (χ0) is 21.0. The summed E-state index contributed by atoms with van der Waals surface area (Å²) < 4.78 is 0. The standard InChI is InChI=1S/C25H28N4O2/c30-24(28-13-15-4-2-1-3-5-15)20-14-27-23-19(6-7-26-23)22(20)29-21-17-8-16-9-18(21)12-25(31,10-16)11-17/h1-7,14,16-18,21,31H,8-13H2,(H,28,30)(H2,26,27,29)/t16?,17-,18+,21+,25-. The van der Waals surface area contributed by atoms with Crippen LogP contribution in [0.25, 0.3) is 11.0 Å². The Kier molecular flexibility index (Phi) is 4.32. The highest BCUT2D eigenvalue weighted by atomic mass is 16.3. The van der Waals surface area contributed by atoms with Crippen LogP contribution in [0.4, 0.5) is 5.69 Å². The summed E-state index contributed by atoms with van der Waals surface area (Å²) in [6, 6.07) is 12.2. The normalized spacial score (nSPS) is 31.1.